The van der Waals surface area contributed by atoms with Crippen molar-refractivity contribution in [2.24, 2.45) is 0 Å². The summed E-state index contributed by atoms with van der Waals surface area (Å²) in [7, 11) is 0. The van der Waals surface area contributed by atoms with Crippen molar-refractivity contribution in [2.45, 2.75) is 6.92 Å². The van der Waals surface area contributed by atoms with Gasteiger partial charge in [-0.05, 0) is 49.4 Å². The van der Waals surface area contributed by atoms with Crippen LogP contribution >= 0.6 is 0 Å². The Labute approximate surface area is 125 Å². The fraction of sp³-hybridized carbons (Fsp3) is 0.125. The zero-order valence-electron chi connectivity index (χ0n) is 11.7. The number of carboxylic acid groups (broad SMARTS) is 1. The fourth-order valence-electron chi connectivity index (χ4n) is 1.75. The second-order valence-corrected chi connectivity index (χ2v) is 4.29. The van der Waals surface area contributed by atoms with E-state index in [1.807, 2.05) is 0 Å². The summed E-state index contributed by atoms with van der Waals surface area (Å²) >= 11 is 0. The molecule has 0 bridgehead atoms. The number of carbonyl (C=O) groups is 2. The van der Waals surface area contributed by atoms with Gasteiger partial charge in [0.15, 0.2) is 0 Å². The summed E-state index contributed by atoms with van der Waals surface area (Å²) in [6.07, 6.45) is 0. The van der Waals surface area contributed by atoms with Crippen LogP contribution in [0.25, 0.3) is 0 Å². The molecule has 0 aromatic heterocycles. The van der Waals surface area contributed by atoms with Gasteiger partial charge in [0.05, 0.1) is 12.2 Å². The van der Waals surface area contributed by atoms with Gasteiger partial charge in [0.2, 0.25) is 0 Å². The number of carboxylic acids is 1. The van der Waals surface area contributed by atoms with Crippen molar-refractivity contribution in [3.63, 3.8) is 0 Å². The summed E-state index contributed by atoms with van der Waals surface area (Å²) in [6, 6.07) is 8.96. The highest BCUT2D eigenvalue weighted by atomic mass is 19.1. The van der Waals surface area contributed by atoms with Crippen LogP contribution in [0.15, 0.2) is 42.5 Å². The summed E-state index contributed by atoms with van der Waals surface area (Å²) < 4.78 is 23.3. The van der Waals surface area contributed by atoms with Crippen LogP contribution in [0.2, 0.25) is 0 Å². The number of rotatable bonds is 5. The number of esters is 1. The Balaban J connectivity index is 2.40. The summed E-state index contributed by atoms with van der Waals surface area (Å²) in [5, 5.41) is 9.02. The first-order valence-electron chi connectivity index (χ1n) is 6.49. The van der Waals surface area contributed by atoms with Gasteiger partial charge in [0.25, 0.3) is 0 Å². The van der Waals surface area contributed by atoms with Crippen molar-refractivity contribution in [3.8, 4) is 11.5 Å². The third-order valence-corrected chi connectivity index (χ3v) is 2.77. The quantitative estimate of drug-likeness (QED) is 0.856. The third-order valence-electron chi connectivity index (χ3n) is 2.77. The van der Waals surface area contributed by atoms with Crippen molar-refractivity contribution in [1.29, 1.82) is 0 Å². The standard InChI is InChI=1S/C16H13FO5/c1-2-21-16(20)13-8-3-10(15(18)19)9-14(13)22-12-6-4-11(17)5-7-12/h3-9H,2H2,1H3,(H,18,19). The molecule has 0 saturated heterocycles. The fourth-order valence-corrected chi connectivity index (χ4v) is 1.75. The molecule has 0 spiro atoms. The van der Waals surface area contributed by atoms with Gasteiger partial charge in [0.1, 0.15) is 22.9 Å². The number of hydrogen-bond donors (Lipinski definition) is 1. The van der Waals surface area contributed by atoms with E-state index in [9.17, 15) is 14.0 Å². The van der Waals surface area contributed by atoms with Crippen molar-refractivity contribution in [2.75, 3.05) is 6.61 Å². The molecule has 5 nitrogen and oxygen atoms in total. The van der Waals surface area contributed by atoms with E-state index in [0.29, 0.717) is 0 Å². The highest BCUT2D eigenvalue weighted by molar-refractivity contribution is 5.95. The topological polar surface area (TPSA) is 72.8 Å². The van der Waals surface area contributed by atoms with Gasteiger partial charge < -0.3 is 14.6 Å². The smallest absolute Gasteiger partial charge is 0.341 e. The van der Waals surface area contributed by atoms with Crippen LogP contribution in [0.3, 0.4) is 0 Å². The predicted octanol–water partition coefficient (Wildman–Crippen LogP) is 3.49. The zero-order chi connectivity index (χ0) is 16.1. The molecule has 0 aliphatic rings. The Morgan fingerprint density at radius 3 is 2.41 bits per heavy atom. The molecule has 0 radical (unpaired) electrons. The molecule has 1 N–H and O–H groups in total. The lowest BCUT2D eigenvalue weighted by molar-refractivity contribution is 0.0522. The first kappa shape index (κ1) is 15.5. The highest BCUT2D eigenvalue weighted by Gasteiger charge is 2.17. The molecule has 6 heteroatoms. The van der Waals surface area contributed by atoms with Crippen LogP contribution in [0, 0.1) is 5.82 Å². The number of ether oxygens (including phenoxy) is 2. The van der Waals surface area contributed by atoms with Gasteiger partial charge in [-0.3, -0.25) is 0 Å². The number of halogens is 1. The Bertz CT molecular complexity index is 694. The maximum Gasteiger partial charge on any atom is 0.341 e. The minimum atomic E-state index is -1.15. The van der Waals surface area contributed by atoms with Gasteiger partial charge in [-0.2, -0.15) is 0 Å². The number of benzene rings is 2. The van der Waals surface area contributed by atoms with Crippen molar-refractivity contribution < 1.29 is 28.6 Å². The average molecular weight is 304 g/mol. The monoisotopic (exact) mass is 304 g/mol. The molecule has 0 atom stereocenters. The lowest BCUT2D eigenvalue weighted by atomic mass is 10.1. The summed E-state index contributed by atoms with van der Waals surface area (Å²) in [6.45, 7) is 1.83. The van der Waals surface area contributed by atoms with E-state index in [0.717, 1.165) is 0 Å². The van der Waals surface area contributed by atoms with Gasteiger partial charge in [0, 0.05) is 0 Å². The first-order chi connectivity index (χ1) is 10.5. The maximum atomic E-state index is 12.9. The average Bonchev–Trinajstić information content (AvgIpc) is 2.49. The Morgan fingerprint density at radius 2 is 1.82 bits per heavy atom. The molecular weight excluding hydrogens is 291 g/mol. The Kier molecular flexibility index (Phi) is 4.73. The van der Waals surface area contributed by atoms with E-state index in [-0.39, 0.29) is 29.2 Å². The molecular formula is C16H13FO5. The summed E-state index contributed by atoms with van der Waals surface area (Å²) in [5.41, 5.74) is 0.0568. The first-order valence-corrected chi connectivity index (χ1v) is 6.49. The van der Waals surface area contributed by atoms with Crippen LogP contribution in [0.4, 0.5) is 4.39 Å². The lowest BCUT2D eigenvalue weighted by Crippen LogP contribution is -2.08. The van der Waals surface area contributed by atoms with E-state index in [1.54, 1.807) is 6.92 Å². The maximum absolute atomic E-state index is 12.9. The van der Waals surface area contributed by atoms with E-state index in [2.05, 4.69) is 0 Å². The molecule has 2 aromatic rings. The number of carbonyl (C=O) groups excluding carboxylic acids is 1. The van der Waals surface area contributed by atoms with Crippen molar-refractivity contribution in [1.82, 2.24) is 0 Å². The molecule has 0 fully saturated rings. The molecule has 2 aromatic carbocycles. The molecule has 22 heavy (non-hydrogen) atoms. The Hall–Kier alpha value is -2.89. The van der Waals surface area contributed by atoms with Crippen LogP contribution in [0.1, 0.15) is 27.6 Å². The minimum absolute atomic E-state index is 0.0324. The van der Waals surface area contributed by atoms with Gasteiger partial charge in [-0.1, -0.05) is 0 Å². The molecule has 0 saturated carbocycles. The molecule has 114 valence electrons. The SMILES string of the molecule is CCOC(=O)c1ccc(C(=O)O)cc1Oc1ccc(F)cc1. The van der Waals surface area contributed by atoms with Crippen LogP contribution in [0.5, 0.6) is 11.5 Å². The number of hydrogen-bond acceptors (Lipinski definition) is 4. The summed E-state index contributed by atoms with van der Waals surface area (Å²) in [5.74, 6) is -1.91. The lowest BCUT2D eigenvalue weighted by Gasteiger charge is -2.11. The van der Waals surface area contributed by atoms with Gasteiger partial charge >= 0.3 is 11.9 Å². The Morgan fingerprint density at radius 1 is 1.14 bits per heavy atom. The van der Waals surface area contributed by atoms with Crippen LogP contribution in [-0.2, 0) is 4.74 Å². The van der Waals surface area contributed by atoms with E-state index < -0.39 is 17.8 Å². The van der Waals surface area contributed by atoms with Gasteiger partial charge in [-0.25, -0.2) is 14.0 Å². The molecule has 2 rings (SSSR count). The minimum Gasteiger partial charge on any atom is -0.478 e. The van der Waals surface area contributed by atoms with Gasteiger partial charge in [-0.15, -0.1) is 0 Å². The molecule has 0 aliphatic carbocycles. The normalized spacial score (nSPS) is 10.1. The van der Waals surface area contributed by atoms with Crippen molar-refractivity contribution >= 4 is 11.9 Å². The molecule has 0 unspecified atom stereocenters. The number of aromatic carboxylic acids is 1. The molecule has 0 aliphatic heterocycles. The third kappa shape index (κ3) is 3.60. The summed E-state index contributed by atoms with van der Waals surface area (Å²) in [4.78, 5) is 22.9. The van der Waals surface area contributed by atoms with E-state index in [1.165, 1.54) is 42.5 Å². The van der Waals surface area contributed by atoms with E-state index in [4.69, 9.17) is 14.6 Å². The predicted molar refractivity (Wildman–Crippen MR) is 75.8 cm³/mol. The highest BCUT2D eigenvalue weighted by Crippen LogP contribution is 2.27. The molecule has 0 heterocycles. The van der Waals surface area contributed by atoms with Crippen molar-refractivity contribution in [3.05, 3.63) is 59.4 Å². The van der Waals surface area contributed by atoms with E-state index >= 15 is 0 Å². The van der Waals surface area contributed by atoms with Crippen LogP contribution in [-0.4, -0.2) is 23.7 Å². The second kappa shape index (κ2) is 6.71. The van der Waals surface area contributed by atoms with Crippen LogP contribution < -0.4 is 4.74 Å². The molecule has 0 amide bonds. The zero-order valence-corrected chi connectivity index (χ0v) is 11.7. The second-order valence-electron chi connectivity index (χ2n) is 4.29. The largest absolute Gasteiger partial charge is 0.478 e.